The van der Waals surface area contributed by atoms with Crippen LogP contribution in [0.15, 0.2) is 33.9 Å². The Morgan fingerprint density at radius 1 is 1.53 bits per heavy atom. The molecule has 2 aromatic rings. The van der Waals surface area contributed by atoms with Gasteiger partial charge in [0.15, 0.2) is 5.58 Å². The number of hydrogen-bond acceptors (Lipinski definition) is 5. The summed E-state index contributed by atoms with van der Waals surface area (Å²) in [6.45, 7) is 2.67. The maximum atomic E-state index is 11.2. The van der Waals surface area contributed by atoms with E-state index in [2.05, 4.69) is 10.3 Å². The standard InChI is InChI=1S/C13H17N3O2S/c1-2-15-10(12(14)17)7-8-19-13-16-9-5-3-4-6-11(9)18-13/h3-6,10,15H,2,7-8H2,1H3,(H2,14,17). The number of para-hydroxylation sites is 2. The minimum absolute atomic E-state index is 0.290. The number of carbonyl (C=O) groups is 1. The largest absolute Gasteiger partial charge is 0.431 e. The Kier molecular flexibility index (Phi) is 4.81. The van der Waals surface area contributed by atoms with Gasteiger partial charge >= 0.3 is 0 Å². The zero-order chi connectivity index (χ0) is 13.7. The van der Waals surface area contributed by atoms with E-state index in [4.69, 9.17) is 10.2 Å². The number of nitrogens with two attached hydrogens (primary N) is 1. The number of fused-ring (bicyclic) bond motifs is 1. The number of hydrogen-bond donors (Lipinski definition) is 2. The zero-order valence-electron chi connectivity index (χ0n) is 10.8. The van der Waals surface area contributed by atoms with Gasteiger partial charge in [0.05, 0.1) is 6.04 Å². The van der Waals surface area contributed by atoms with Crippen molar-refractivity contribution in [3.05, 3.63) is 24.3 Å². The first-order chi connectivity index (χ1) is 9.20. The number of nitrogens with zero attached hydrogens (tertiary/aromatic N) is 1. The van der Waals surface area contributed by atoms with Gasteiger partial charge in [-0.05, 0) is 25.1 Å². The molecule has 19 heavy (non-hydrogen) atoms. The summed E-state index contributed by atoms with van der Waals surface area (Å²) in [7, 11) is 0. The number of benzene rings is 1. The van der Waals surface area contributed by atoms with Crippen molar-refractivity contribution in [1.82, 2.24) is 10.3 Å². The van der Waals surface area contributed by atoms with Crippen LogP contribution in [-0.4, -0.2) is 29.2 Å². The average molecular weight is 279 g/mol. The monoisotopic (exact) mass is 279 g/mol. The molecule has 1 aromatic carbocycles. The molecule has 1 amide bonds. The Morgan fingerprint density at radius 2 is 2.32 bits per heavy atom. The Bertz CT molecular complexity index is 523. The summed E-state index contributed by atoms with van der Waals surface area (Å²) >= 11 is 1.49. The number of oxazole rings is 1. The molecule has 1 atom stereocenters. The van der Waals surface area contributed by atoms with Crippen LogP contribution in [0.2, 0.25) is 0 Å². The van der Waals surface area contributed by atoms with Crippen molar-refractivity contribution in [3.8, 4) is 0 Å². The first-order valence-electron chi connectivity index (χ1n) is 6.21. The van der Waals surface area contributed by atoms with Crippen molar-refractivity contribution < 1.29 is 9.21 Å². The van der Waals surface area contributed by atoms with Crippen molar-refractivity contribution in [1.29, 1.82) is 0 Å². The summed E-state index contributed by atoms with van der Waals surface area (Å²) in [5.41, 5.74) is 6.94. The van der Waals surface area contributed by atoms with Gasteiger partial charge in [0.1, 0.15) is 5.52 Å². The Labute approximate surface area is 115 Å². The van der Waals surface area contributed by atoms with Crippen molar-refractivity contribution in [2.45, 2.75) is 24.6 Å². The number of nitrogens with one attached hydrogen (secondary N) is 1. The molecule has 5 nitrogen and oxygen atoms in total. The minimum Gasteiger partial charge on any atom is -0.431 e. The van der Waals surface area contributed by atoms with Gasteiger partial charge in [-0.2, -0.15) is 0 Å². The van der Waals surface area contributed by atoms with E-state index in [1.807, 2.05) is 31.2 Å². The number of carbonyl (C=O) groups excluding carboxylic acids is 1. The second-order valence-electron chi connectivity index (χ2n) is 4.10. The van der Waals surface area contributed by atoms with E-state index in [-0.39, 0.29) is 11.9 Å². The second kappa shape index (κ2) is 6.58. The topological polar surface area (TPSA) is 81.2 Å². The van der Waals surface area contributed by atoms with Gasteiger partial charge < -0.3 is 15.5 Å². The van der Waals surface area contributed by atoms with Crippen LogP contribution in [0.4, 0.5) is 0 Å². The van der Waals surface area contributed by atoms with Crippen molar-refractivity contribution >= 4 is 28.8 Å². The van der Waals surface area contributed by atoms with E-state index in [0.717, 1.165) is 23.4 Å². The molecule has 0 bridgehead atoms. The summed E-state index contributed by atoms with van der Waals surface area (Å²) in [5, 5.41) is 3.68. The highest BCUT2D eigenvalue weighted by molar-refractivity contribution is 7.99. The summed E-state index contributed by atoms with van der Waals surface area (Å²) in [4.78, 5) is 15.5. The van der Waals surface area contributed by atoms with Gasteiger partial charge in [0, 0.05) is 5.75 Å². The molecule has 1 unspecified atom stereocenters. The smallest absolute Gasteiger partial charge is 0.256 e. The lowest BCUT2D eigenvalue weighted by Crippen LogP contribution is -2.41. The Morgan fingerprint density at radius 3 is 3.00 bits per heavy atom. The van der Waals surface area contributed by atoms with E-state index in [1.165, 1.54) is 11.8 Å². The molecular weight excluding hydrogens is 262 g/mol. The first-order valence-corrected chi connectivity index (χ1v) is 7.20. The molecule has 0 spiro atoms. The molecular formula is C13H17N3O2S. The molecule has 0 fully saturated rings. The van der Waals surface area contributed by atoms with Gasteiger partial charge in [-0.3, -0.25) is 4.79 Å². The molecule has 0 saturated heterocycles. The van der Waals surface area contributed by atoms with Gasteiger partial charge in [-0.15, -0.1) is 0 Å². The molecule has 0 radical (unpaired) electrons. The van der Waals surface area contributed by atoms with Crippen LogP contribution in [0, 0.1) is 0 Å². The lowest BCUT2D eigenvalue weighted by molar-refractivity contribution is -0.120. The molecule has 1 aromatic heterocycles. The summed E-state index contributed by atoms with van der Waals surface area (Å²) in [5.74, 6) is 0.410. The van der Waals surface area contributed by atoms with Gasteiger partial charge in [-0.25, -0.2) is 4.98 Å². The fraction of sp³-hybridized carbons (Fsp3) is 0.385. The predicted octanol–water partition coefficient (Wildman–Crippen LogP) is 1.77. The molecule has 0 aliphatic carbocycles. The third-order valence-corrected chi connectivity index (χ3v) is 3.56. The Hall–Kier alpha value is -1.53. The molecule has 2 rings (SSSR count). The molecule has 0 aliphatic rings. The van der Waals surface area contributed by atoms with E-state index in [1.54, 1.807) is 0 Å². The van der Waals surface area contributed by atoms with Crippen LogP contribution in [0.3, 0.4) is 0 Å². The number of primary amides is 1. The summed E-state index contributed by atoms with van der Waals surface area (Å²) in [6, 6.07) is 7.34. The molecule has 0 aliphatic heterocycles. The number of aromatic nitrogens is 1. The third kappa shape index (κ3) is 3.71. The van der Waals surface area contributed by atoms with E-state index >= 15 is 0 Å². The van der Waals surface area contributed by atoms with Gasteiger partial charge in [-0.1, -0.05) is 30.8 Å². The van der Waals surface area contributed by atoms with Crippen LogP contribution in [0.1, 0.15) is 13.3 Å². The van der Waals surface area contributed by atoms with Crippen molar-refractivity contribution in [2.75, 3.05) is 12.3 Å². The molecule has 3 N–H and O–H groups in total. The Balaban J connectivity index is 1.89. The minimum atomic E-state index is -0.319. The molecule has 1 heterocycles. The van der Waals surface area contributed by atoms with E-state index in [9.17, 15) is 4.79 Å². The predicted molar refractivity (Wildman–Crippen MR) is 76.0 cm³/mol. The van der Waals surface area contributed by atoms with Crippen LogP contribution < -0.4 is 11.1 Å². The SMILES string of the molecule is CCNC(CCSc1nc2ccccc2o1)C(N)=O. The molecule has 102 valence electrons. The average Bonchev–Trinajstić information content (AvgIpc) is 2.80. The van der Waals surface area contributed by atoms with Crippen molar-refractivity contribution in [2.24, 2.45) is 5.73 Å². The zero-order valence-corrected chi connectivity index (χ0v) is 11.6. The fourth-order valence-corrected chi connectivity index (χ4v) is 2.61. The fourth-order valence-electron chi connectivity index (χ4n) is 1.77. The maximum absolute atomic E-state index is 11.2. The highest BCUT2D eigenvalue weighted by atomic mass is 32.2. The first kappa shape index (κ1) is 13.9. The number of amides is 1. The van der Waals surface area contributed by atoms with Crippen LogP contribution in [-0.2, 0) is 4.79 Å². The molecule has 0 saturated carbocycles. The lowest BCUT2D eigenvalue weighted by Gasteiger charge is -2.12. The van der Waals surface area contributed by atoms with E-state index < -0.39 is 0 Å². The highest BCUT2D eigenvalue weighted by Gasteiger charge is 2.14. The second-order valence-corrected chi connectivity index (χ2v) is 5.14. The van der Waals surface area contributed by atoms with E-state index in [0.29, 0.717) is 11.6 Å². The maximum Gasteiger partial charge on any atom is 0.256 e. The quantitative estimate of drug-likeness (QED) is 0.755. The van der Waals surface area contributed by atoms with Crippen molar-refractivity contribution in [3.63, 3.8) is 0 Å². The lowest BCUT2D eigenvalue weighted by atomic mass is 10.2. The summed E-state index contributed by atoms with van der Waals surface area (Å²) < 4.78 is 5.59. The summed E-state index contributed by atoms with van der Waals surface area (Å²) in [6.07, 6.45) is 0.659. The molecule has 6 heteroatoms. The van der Waals surface area contributed by atoms with Crippen LogP contribution in [0.25, 0.3) is 11.1 Å². The number of rotatable bonds is 7. The normalized spacial score (nSPS) is 12.7. The third-order valence-electron chi connectivity index (χ3n) is 2.70. The van der Waals surface area contributed by atoms with Gasteiger partial charge in [0.25, 0.3) is 5.22 Å². The highest BCUT2D eigenvalue weighted by Crippen LogP contribution is 2.23. The van der Waals surface area contributed by atoms with Crippen LogP contribution in [0.5, 0.6) is 0 Å². The number of likely N-dealkylation sites (N-methyl/N-ethyl adjacent to an activating group) is 1. The van der Waals surface area contributed by atoms with Gasteiger partial charge in [0.2, 0.25) is 5.91 Å². The number of thioether (sulfide) groups is 1. The van der Waals surface area contributed by atoms with Crippen LogP contribution >= 0.6 is 11.8 Å².